The summed E-state index contributed by atoms with van der Waals surface area (Å²) < 4.78 is 20.2. The summed E-state index contributed by atoms with van der Waals surface area (Å²) in [6, 6.07) is 30.7. The lowest BCUT2D eigenvalue weighted by Gasteiger charge is -2.38. The van der Waals surface area contributed by atoms with Crippen LogP contribution in [0.2, 0.25) is 0 Å². The Hall–Kier alpha value is -5.05. The van der Waals surface area contributed by atoms with Crippen LogP contribution in [0.15, 0.2) is 91.0 Å². The molecule has 4 heterocycles. The van der Waals surface area contributed by atoms with Crippen molar-refractivity contribution in [2.75, 3.05) is 31.1 Å². The van der Waals surface area contributed by atoms with Crippen molar-refractivity contribution in [3.63, 3.8) is 0 Å². The fourth-order valence-corrected chi connectivity index (χ4v) is 7.65. The fourth-order valence-electron chi connectivity index (χ4n) is 7.65. The number of para-hydroxylation sites is 1. The number of carbonyl (C=O) groups excluding carboxylic acids is 1. The van der Waals surface area contributed by atoms with Gasteiger partial charge in [-0.25, -0.2) is 4.79 Å². The van der Waals surface area contributed by atoms with Gasteiger partial charge in [-0.05, 0) is 88.0 Å². The van der Waals surface area contributed by atoms with Gasteiger partial charge >= 0.3 is 6.09 Å². The molecule has 2 fully saturated rings. The Kier molecular flexibility index (Phi) is 10.7. The van der Waals surface area contributed by atoms with Crippen molar-refractivity contribution in [1.29, 1.82) is 0 Å². The molecular weight excluding hydrogens is 651 g/mol. The zero-order valence-electron chi connectivity index (χ0n) is 31.0. The number of hydrogen-bond donors (Lipinski definition) is 0. The number of benzene rings is 3. The van der Waals surface area contributed by atoms with Gasteiger partial charge in [0.25, 0.3) is 0 Å². The molecule has 0 aliphatic carbocycles. The monoisotopic (exact) mass is 701 g/mol. The number of likely N-dealkylation sites (tertiary alicyclic amines) is 1. The van der Waals surface area contributed by atoms with Crippen LogP contribution in [-0.4, -0.2) is 57.5 Å². The molecule has 272 valence electrons. The lowest BCUT2D eigenvalue weighted by molar-refractivity contribution is 0.0150. The quantitative estimate of drug-likeness (QED) is 0.144. The van der Waals surface area contributed by atoms with E-state index >= 15 is 0 Å². The summed E-state index contributed by atoms with van der Waals surface area (Å²) in [5, 5.41) is 6.14. The third-order valence-corrected chi connectivity index (χ3v) is 10.2. The van der Waals surface area contributed by atoms with Crippen LogP contribution in [0.1, 0.15) is 64.0 Å². The van der Waals surface area contributed by atoms with E-state index in [4.69, 9.17) is 24.3 Å². The number of fused-ring (bicyclic) bond motifs is 1. The molecule has 0 spiro atoms. The van der Waals surface area contributed by atoms with E-state index in [1.807, 2.05) is 98.1 Å². The molecule has 2 saturated heterocycles. The molecule has 1 amide bonds. The fraction of sp³-hybridized carbons (Fsp3) is 0.419. The Morgan fingerprint density at radius 2 is 1.48 bits per heavy atom. The number of pyridine rings is 1. The largest absolute Gasteiger partial charge is 0.473 e. The van der Waals surface area contributed by atoms with Crippen molar-refractivity contribution in [2.24, 2.45) is 18.9 Å². The third kappa shape index (κ3) is 8.52. The molecule has 2 aromatic heterocycles. The van der Waals surface area contributed by atoms with Gasteiger partial charge in [0.05, 0.1) is 16.8 Å². The maximum Gasteiger partial charge on any atom is 0.410 e. The normalized spacial score (nSPS) is 17.0. The van der Waals surface area contributed by atoms with E-state index in [0.29, 0.717) is 36.8 Å². The topological polar surface area (TPSA) is 82.0 Å². The Morgan fingerprint density at radius 1 is 0.788 bits per heavy atom. The number of amides is 1. The van der Waals surface area contributed by atoms with E-state index in [9.17, 15) is 4.79 Å². The summed E-state index contributed by atoms with van der Waals surface area (Å²) in [5.74, 6) is 2.18. The second-order valence-corrected chi connectivity index (χ2v) is 15.3. The molecule has 52 heavy (non-hydrogen) atoms. The molecule has 2 aliphatic rings. The number of carbonyl (C=O) groups is 1. The van der Waals surface area contributed by atoms with Crippen molar-refractivity contribution in [2.45, 2.75) is 71.7 Å². The number of aryl methyl sites for hydroxylation is 1. The number of piperidine rings is 2. The molecule has 0 N–H and O–H groups in total. The van der Waals surface area contributed by atoms with Gasteiger partial charge in [-0.15, -0.1) is 0 Å². The summed E-state index contributed by atoms with van der Waals surface area (Å²) >= 11 is 0. The second kappa shape index (κ2) is 15.7. The van der Waals surface area contributed by atoms with Crippen LogP contribution in [-0.2, 0) is 25.0 Å². The van der Waals surface area contributed by atoms with Gasteiger partial charge < -0.3 is 24.0 Å². The highest BCUT2D eigenvalue weighted by atomic mass is 16.6. The van der Waals surface area contributed by atoms with Gasteiger partial charge in [0, 0.05) is 44.7 Å². The van der Waals surface area contributed by atoms with Crippen molar-refractivity contribution < 1.29 is 19.0 Å². The Bertz CT molecular complexity index is 1950. The van der Waals surface area contributed by atoms with Gasteiger partial charge in [0.15, 0.2) is 0 Å². The van der Waals surface area contributed by atoms with Crippen LogP contribution in [0.3, 0.4) is 0 Å². The number of hydrogen-bond acceptors (Lipinski definition) is 7. The van der Waals surface area contributed by atoms with E-state index < -0.39 is 5.60 Å². The second-order valence-electron chi connectivity index (χ2n) is 15.3. The predicted molar refractivity (Wildman–Crippen MR) is 206 cm³/mol. The maximum atomic E-state index is 12.8. The zero-order chi connectivity index (χ0) is 36.1. The Labute approximate surface area is 307 Å². The van der Waals surface area contributed by atoms with E-state index in [2.05, 4.69) is 35.2 Å². The molecule has 2 aliphatic heterocycles. The molecule has 0 bridgehead atoms. The van der Waals surface area contributed by atoms with Crippen molar-refractivity contribution in [3.8, 4) is 23.0 Å². The van der Waals surface area contributed by atoms with E-state index in [1.54, 1.807) is 0 Å². The SMILES string of the molecule is Cn1nc(-c2ccc(OCc3ccccc3)nc2OCc2ccccc2)c2cccc(N3CCC(CC4CCCN(C(=O)OC(C)(C)C)C4)CC3)c21. The third-order valence-electron chi connectivity index (χ3n) is 10.2. The molecule has 9 heteroatoms. The smallest absolute Gasteiger partial charge is 0.410 e. The average molecular weight is 702 g/mol. The Balaban J connectivity index is 1.07. The predicted octanol–water partition coefficient (Wildman–Crippen LogP) is 9.05. The summed E-state index contributed by atoms with van der Waals surface area (Å²) in [4.78, 5) is 22.1. The first-order valence-electron chi connectivity index (χ1n) is 18.7. The molecule has 3 aromatic carbocycles. The van der Waals surface area contributed by atoms with Crippen molar-refractivity contribution in [3.05, 3.63) is 102 Å². The maximum absolute atomic E-state index is 12.8. The standard InChI is InChI=1S/C43H51N5O4/c1-43(2,3)52-42(49)48-24-12-17-34(28-48)27-31-22-25-47(26-23-31)37-19-11-18-35-39(45-46(4)40(35)37)36-20-21-38(50-29-32-13-7-5-8-14-32)44-41(36)51-30-33-15-9-6-10-16-33/h5-11,13-16,18-21,31,34H,12,17,22-30H2,1-4H3. The van der Waals surface area contributed by atoms with Crippen LogP contribution in [0, 0.1) is 11.8 Å². The molecular formula is C43H51N5O4. The van der Waals surface area contributed by atoms with Gasteiger partial charge in [0.1, 0.15) is 24.5 Å². The summed E-state index contributed by atoms with van der Waals surface area (Å²) in [7, 11) is 2.02. The summed E-state index contributed by atoms with van der Waals surface area (Å²) in [6.07, 6.45) is 5.49. The highest BCUT2D eigenvalue weighted by Crippen LogP contribution is 2.39. The molecule has 1 unspecified atom stereocenters. The van der Waals surface area contributed by atoms with Gasteiger partial charge in [0.2, 0.25) is 11.8 Å². The Morgan fingerprint density at radius 3 is 2.17 bits per heavy atom. The van der Waals surface area contributed by atoms with Crippen molar-refractivity contribution in [1.82, 2.24) is 19.7 Å². The molecule has 9 nitrogen and oxygen atoms in total. The van der Waals surface area contributed by atoms with Crippen LogP contribution in [0.4, 0.5) is 10.5 Å². The lowest BCUT2D eigenvalue weighted by atomic mass is 9.83. The molecule has 7 rings (SSSR count). The first kappa shape index (κ1) is 35.4. The number of rotatable bonds is 10. The zero-order valence-corrected chi connectivity index (χ0v) is 31.0. The van der Waals surface area contributed by atoms with E-state index in [-0.39, 0.29) is 6.09 Å². The van der Waals surface area contributed by atoms with Crippen molar-refractivity contribution >= 4 is 22.7 Å². The van der Waals surface area contributed by atoms with E-state index in [1.165, 1.54) is 12.1 Å². The van der Waals surface area contributed by atoms with Gasteiger partial charge in [-0.1, -0.05) is 72.8 Å². The lowest BCUT2D eigenvalue weighted by Crippen LogP contribution is -2.43. The minimum atomic E-state index is -0.466. The number of ether oxygens (including phenoxy) is 3. The minimum absolute atomic E-state index is 0.173. The van der Waals surface area contributed by atoms with Gasteiger partial charge in [-0.3, -0.25) is 4.68 Å². The van der Waals surface area contributed by atoms with Crippen LogP contribution in [0.25, 0.3) is 22.2 Å². The first-order chi connectivity index (χ1) is 25.2. The average Bonchev–Trinajstić information content (AvgIpc) is 3.50. The number of aromatic nitrogens is 3. The first-order valence-corrected chi connectivity index (χ1v) is 18.7. The van der Waals surface area contributed by atoms with Gasteiger partial charge in [-0.2, -0.15) is 10.1 Å². The molecule has 0 radical (unpaired) electrons. The molecule has 1 atom stereocenters. The summed E-state index contributed by atoms with van der Waals surface area (Å²) in [6.45, 7) is 10.2. The van der Waals surface area contributed by atoms with E-state index in [0.717, 1.165) is 85.1 Å². The molecule has 0 saturated carbocycles. The van der Waals surface area contributed by atoms with Crippen LogP contribution in [0.5, 0.6) is 11.8 Å². The number of nitrogens with zero attached hydrogens (tertiary/aromatic N) is 5. The van der Waals surface area contributed by atoms with Crippen LogP contribution < -0.4 is 14.4 Å². The number of anilines is 1. The highest BCUT2D eigenvalue weighted by molar-refractivity contribution is 6.01. The molecule has 5 aromatic rings. The van der Waals surface area contributed by atoms with Crippen LogP contribution >= 0.6 is 0 Å². The summed E-state index contributed by atoms with van der Waals surface area (Å²) in [5.41, 5.74) is 5.65. The minimum Gasteiger partial charge on any atom is -0.473 e. The highest BCUT2D eigenvalue weighted by Gasteiger charge is 2.31.